The van der Waals surface area contributed by atoms with Crippen molar-refractivity contribution in [1.29, 1.82) is 0 Å². The molecule has 9 heteroatoms. The van der Waals surface area contributed by atoms with Crippen molar-refractivity contribution in [3.63, 3.8) is 0 Å². The van der Waals surface area contributed by atoms with E-state index in [1.165, 1.54) is 0 Å². The van der Waals surface area contributed by atoms with Crippen LogP contribution >= 0.6 is 0 Å². The van der Waals surface area contributed by atoms with Crippen molar-refractivity contribution in [1.82, 2.24) is 14.5 Å². The number of imidazole rings is 1. The van der Waals surface area contributed by atoms with Gasteiger partial charge in [-0.3, -0.25) is 0 Å². The number of aryl methyl sites for hydroxylation is 2. The Hall–Kier alpha value is -2.58. The third-order valence-corrected chi connectivity index (χ3v) is 3.21. The zero-order valence-electron chi connectivity index (χ0n) is 12.3. The molecule has 2 N–H and O–H groups in total. The third-order valence-electron chi connectivity index (χ3n) is 3.21. The Morgan fingerprint density at radius 2 is 2.13 bits per heavy atom. The highest BCUT2D eigenvalue weighted by Gasteiger charge is 2.34. The van der Waals surface area contributed by atoms with Crippen molar-refractivity contribution in [3.05, 3.63) is 41.6 Å². The monoisotopic (exact) mass is 328 g/mol. The van der Waals surface area contributed by atoms with E-state index in [-0.39, 0.29) is 6.54 Å². The Balaban J connectivity index is 2.06. The average Bonchev–Trinajstić information content (AvgIpc) is 2.87. The molecule has 0 atom stereocenters. The zero-order valence-corrected chi connectivity index (χ0v) is 12.3. The number of halogens is 3. The lowest BCUT2D eigenvalue weighted by atomic mass is 10.2. The van der Waals surface area contributed by atoms with Gasteiger partial charge < -0.3 is 15.0 Å². The fourth-order valence-corrected chi connectivity index (χ4v) is 2.04. The van der Waals surface area contributed by atoms with Crippen molar-refractivity contribution in [3.8, 4) is 0 Å². The SMILES string of the molecule is Cc1nccn1CCCNc1nc(C(=O)O)ccc1C(F)(F)F. The summed E-state index contributed by atoms with van der Waals surface area (Å²) < 4.78 is 40.6. The summed E-state index contributed by atoms with van der Waals surface area (Å²) in [4.78, 5) is 18.4. The number of nitrogens with one attached hydrogen (secondary N) is 1. The number of aromatic nitrogens is 3. The second-order valence-corrected chi connectivity index (χ2v) is 4.84. The summed E-state index contributed by atoms with van der Waals surface area (Å²) in [6.07, 6.45) is -0.650. The van der Waals surface area contributed by atoms with E-state index in [2.05, 4.69) is 15.3 Å². The van der Waals surface area contributed by atoms with Crippen LogP contribution in [0.3, 0.4) is 0 Å². The van der Waals surface area contributed by atoms with Crippen LogP contribution in [0.5, 0.6) is 0 Å². The molecule has 0 spiro atoms. The van der Waals surface area contributed by atoms with Gasteiger partial charge in [0.2, 0.25) is 0 Å². The van der Waals surface area contributed by atoms with Crippen LogP contribution < -0.4 is 5.32 Å². The zero-order chi connectivity index (χ0) is 17.0. The van der Waals surface area contributed by atoms with Crippen molar-refractivity contribution in [2.24, 2.45) is 0 Å². The summed E-state index contributed by atoms with van der Waals surface area (Å²) in [6, 6.07) is 1.56. The Labute approximate surface area is 130 Å². The van der Waals surface area contributed by atoms with Crippen LogP contribution in [0.4, 0.5) is 19.0 Å². The lowest BCUT2D eigenvalue weighted by Crippen LogP contribution is -2.16. The van der Waals surface area contributed by atoms with E-state index in [1.807, 2.05) is 11.5 Å². The number of carboxylic acid groups (broad SMARTS) is 1. The van der Waals surface area contributed by atoms with Crippen LogP contribution in [0.15, 0.2) is 24.5 Å². The molecule has 23 heavy (non-hydrogen) atoms. The number of anilines is 1. The predicted molar refractivity (Wildman–Crippen MR) is 76.3 cm³/mol. The Morgan fingerprint density at radius 3 is 2.70 bits per heavy atom. The van der Waals surface area contributed by atoms with Crippen molar-refractivity contribution in [2.45, 2.75) is 26.1 Å². The van der Waals surface area contributed by atoms with Crippen LogP contribution in [-0.2, 0) is 12.7 Å². The normalized spacial score (nSPS) is 11.5. The summed E-state index contributed by atoms with van der Waals surface area (Å²) in [6.45, 7) is 2.63. The number of pyridine rings is 1. The Morgan fingerprint density at radius 1 is 1.39 bits per heavy atom. The van der Waals surface area contributed by atoms with E-state index >= 15 is 0 Å². The van der Waals surface area contributed by atoms with Gasteiger partial charge in [0, 0.05) is 25.5 Å². The van der Waals surface area contributed by atoms with Crippen LogP contribution in [-0.4, -0.2) is 32.2 Å². The maximum Gasteiger partial charge on any atom is 0.419 e. The van der Waals surface area contributed by atoms with Gasteiger partial charge in [-0.1, -0.05) is 0 Å². The first-order chi connectivity index (χ1) is 10.8. The van der Waals surface area contributed by atoms with Gasteiger partial charge in [0.15, 0.2) is 5.69 Å². The highest BCUT2D eigenvalue weighted by molar-refractivity contribution is 5.86. The molecule has 0 saturated heterocycles. The molecule has 0 saturated carbocycles. The van der Waals surface area contributed by atoms with Gasteiger partial charge in [0.25, 0.3) is 0 Å². The van der Waals surface area contributed by atoms with Gasteiger partial charge in [-0.25, -0.2) is 14.8 Å². The van der Waals surface area contributed by atoms with Gasteiger partial charge in [0.05, 0.1) is 5.56 Å². The maximum atomic E-state index is 12.9. The molecule has 0 aromatic carbocycles. The lowest BCUT2D eigenvalue weighted by Gasteiger charge is -2.14. The van der Waals surface area contributed by atoms with Crippen LogP contribution in [0.2, 0.25) is 0 Å². The van der Waals surface area contributed by atoms with E-state index in [0.717, 1.165) is 18.0 Å². The highest BCUT2D eigenvalue weighted by atomic mass is 19.4. The number of carboxylic acids is 1. The minimum atomic E-state index is -4.60. The summed E-state index contributed by atoms with van der Waals surface area (Å²) >= 11 is 0. The molecule has 0 unspecified atom stereocenters. The Bertz CT molecular complexity index is 698. The molecule has 2 rings (SSSR count). The summed E-state index contributed by atoms with van der Waals surface area (Å²) in [5, 5.41) is 11.4. The van der Waals surface area contributed by atoms with E-state index in [1.54, 1.807) is 12.4 Å². The van der Waals surface area contributed by atoms with Crippen molar-refractivity contribution >= 4 is 11.8 Å². The standard InChI is InChI=1S/C14H15F3N4O2/c1-9-18-6-8-21(9)7-2-5-19-12-10(14(15,16)17)3-4-11(20-12)13(22)23/h3-4,6,8H,2,5,7H2,1H3,(H,19,20)(H,22,23). The fraction of sp³-hybridized carbons (Fsp3) is 0.357. The van der Waals surface area contributed by atoms with E-state index in [0.29, 0.717) is 13.0 Å². The molecular formula is C14H15F3N4O2. The molecule has 0 aliphatic carbocycles. The van der Waals surface area contributed by atoms with Crippen LogP contribution in [0, 0.1) is 6.92 Å². The number of carbonyl (C=O) groups is 1. The van der Waals surface area contributed by atoms with Crippen molar-refractivity contribution in [2.75, 3.05) is 11.9 Å². The molecule has 2 heterocycles. The maximum absolute atomic E-state index is 12.9. The van der Waals surface area contributed by atoms with Crippen LogP contribution in [0.1, 0.15) is 28.3 Å². The summed E-state index contributed by atoms with van der Waals surface area (Å²) in [5.74, 6) is -1.04. The van der Waals surface area contributed by atoms with Gasteiger partial charge >= 0.3 is 12.1 Å². The molecule has 0 amide bonds. The molecule has 0 aliphatic rings. The molecule has 0 bridgehead atoms. The highest BCUT2D eigenvalue weighted by Crippen LogP contribution is 2.33. The Kier molecular flexibility index (Phi) is 4.87. The predicted octanol–water partition coefficient (Wildman–Crippen LogP) is 2.81. The third kappa shape index (κ3) is 4.21. The molecule has 6 nitrogen and oxygen atoms in total. The average molecular weight is 328 g/mol. The molecule has 0 radical (unpaired) electrons. The number of alkyl halides is 3. The molecule has 2 aromatic heterocycles. The minimum Gasteiger partial charge on any atom is -0.477 e. The van der Waals surface area contributed by atoms with Gasteiger partial charge in [0.1, 0.15) is 11.6 Å². The largest absolute Gasteiger partial charge is 0.477 e. The molecule has 2 aromatic rings. The number of rotatable bonds is 6. The minimum absolute atomic E-state index is 0.219. The second-order valence-electron chi connectivity index (χ2n) is 4.84. The second kappa shape index (κ2) is 6.67. The van der Waals surface area contributed by atoms with E-state index in [4.69, 9.17) is 5.11 Å². The smallest absolute Gasteiger partial charge is 0.419 e. The number of hydrogen-bond acceptors (Lipinski definition) is 4. The van der Waals surface area contributed by atoms with Crippen LogP contribution in [0.25, 0.3) is 0 Å². The number of nitrogens with zero attached hydrogens (tertiary/aromatic N) is 3. The number of hydrogen-bond donors (Lipinski definition) is 2. The van der Waals surface area contributed by atoms with E-state index < -0.39 is 29.2 Å². The topological polar surface area (TPSA) is 80.0 Å². The molecule has 124 valence electrons. The first-order valence-electron chi connectivity index (χ1n) is 6.82. The first kappa shape index (κ1) is 16.8. The lowest BCUT2D eigenvalue weighted by molar-refractivity contribution is -0.137. The van der Waals surface area contributed by atoms with E-state index in [9.17, 15) is 18.0 Å². The van der Waals surface area contributed by atoms with Crippen molar-refractivity contribution < 1.29 is 23.1 Å². The summed E-state index contributed by atoms with van der Waals surface area (Å²) in [7, 11) is 0. The first-order valence-corrected chi connectivity index (χ1v) is 6.82. The molecule has 0 fully saturated rings. The molecular weight excluding hydrogens is 313 g/mol. The number of aromatic carboxylic acids is 1. The van der Waals surface area contributed by atoms with Gasteiger partial charge in [-0.2, -0.15) is 13.2 Å². The fourth-order valence-electron chi connectivity index (χ4n) is 2.04. The van der Waals surface area contributed by atoms with Gasteiger partial charge in [-0.15, -0.1) is 0 Å². The summed E-state index contributed by atoms with van der Waals surface area (Å²) in [5.41, 5.74) is -1.42. The molecule has 0 aliphatic heterocycles. The quantitative estimate of drug-likeness (QED) is 0.797. The van der Waals surface area contributed by atoms with Gasteiger partial charge in [-0.05, 0) is 25.5 Å².